The highest BCUT2D eigenvalue weighted by molar-refractivity contribution is 5.74. The molecule has 0 amide bonds. The Morgan fingerprint density at radius 2 is 1.88 bits per heavy atom. The first kappa shape index (κ1) is 11.5. The average Bonchev–Trinajstić information content (AvgIpc) is 2.60. The fourth-order valence-corrected chi connectivity index (χ4v) is 1.62. The second-order valence-corrected chi connectivity index (χ2v) is 4.30. The van der Waals surface area contributed by atoms with Crippen molar-refractivity contribution in [1.82, 2.24) is 10.2 Å². The maximum Gasteiger partial charge on any atom is 0.119 e. The number of nitrogen functional groups attached to an aromatic ring is 1. The Labute approximate surface area is 101 Å². The number of aromatic nitrogens is 2. The van der Waals surface area contributed by atoms with Gasteiger partial charge in [0.25, 0.3) is 0 Å². The van der Waals surface area contributed by atoms with Crippen molar-refractivity contribution in [3.63, 3.8) is 0 Å². The lowest BCUT2D eigenvalue weighted by Crippen LogP contribution is -2.05. The molecule has 1 heterocycles. The summed E-state index contributed by atoms with van der Waals surface area (Å²) in [5, 5.41) is 7.06. The Kier molecular flexibility index (Phi) is 3.04. The van der Waals surface area contributed by atoms with Gasteiger partial charge in [0.1, 0.15) is 11.4 Å². The summed E-state index contributed by atoms with van der Waals surface area (Å²) in [6.07, 6.45) is 0.179. The number of anilines is 1. The highest BCUT2D eigenvalue weighted by Crippen LogP contribution is 2.27. The molecule has 0 radical (unpaired) electrons. The van der Waals surface area contributed by atoms with Crippen molar-refractivity contribution in [3.05, 3.63) is 30.0 Å². The summed E-state index contributed by atoms with van der Waals surface area (Å²) in [5.41, 5.74) is 9.30. The van der Waals surface area contributed by atoms with E-state index < -0.39 is 0 Å². The van der Waals surface area contributed by atoms with Gasteiger partial charge in [0, 0.05) is 5.56 Å². The zero-order valence-corrected chi connectivity index (χ0v) is 10.3. The number of nitrogens with two attached hydrogens (primary N) is 1. The van der Waals surface area contributed by atoms with Crippen molar-refractivity contribution < 1.29 is 4.74 Å². The standard InChI is InChI=1S/C13H17N3O/c1-8(2)17-11-6-4-10(5-7-11)13-12(14)9(3)15-16-13/h4-8H,14H2,1-3H3,(H,15,16). The Morgan fingerprint density at radius 3 is 2.35 bits per heavy atom. The van der Waals surface area contributed by atoms with Gasteiger partial charge in [-0.3, -0.25) is 5.10 Å². The smallest absolute Gasteiger partial charge is 0.119 e. The Morgan fingerprint density at radius 1 is 1.24 bits per heavy atom. The first-order valence-corrected chi connectivity index (χ1v) is 5.65. The molecule has 0 unspecified atom stereocenters. The van der Waals surface area contributed by atoms with E-state index in [0.717, 1.165) is 22.7 Å². The van der Waals surface area contributed by atoms with Gasteiger partial charge < -0.3 is 10.5 Å². The third-order valence-corrected chi connectivity index (χ3v) is 2.49. The molecule has 0 spiro atoms. The zero-order chi connectivity index (χ0) is 12.4. The van der Waals surface area contributed by atoms with Crippen LogP contribution in [0.15, 0.2) is 24.3 Å². The normalized spacial score (nSPS) is 10.8. The van der Waals surface area contributed by atoms with Gasteiger partial charge in [-0.05, 0) is 45.0 Å². The number of rotatable bonds is 3. The molecule has 0 atom stereocenters. The monoisotopic (exact) mass is 231 g/mol. The van der Waals surface area contributed by atoms with Crippen molar-refractivity contribution in [1.29, 1.82) is 0 Å². The van der Waals surface area contributed by atoms with Crippen LogP contribution in [0, 0.1) is 6.92 Å². The average molecular weight is 231 g/mol. The van der Waals surface area contributed by atoms with Gasteiger partial charge in [-0.2, -0.15) is 5.10 Å². The molecule has 4 heteroatoms. The van der Waals surface area contributed by atoms with E-state index in [1.54, 1.807) is 0 Å². The van der Waals surface area contributed by atoms with Crippen molar-refractivity contribution in [2.75, 3.05) is 5.73 Å². The van der Waals surface area contributed by atoms with Crippen molar-refractivity contribution in [2.24, 2.45) is 0 Å². The second-order valence-electron chi connectivity index (χ2n) is 4.30. The molecule has 4 nitrogen and oxygen atoms in total. The second kappa shape index (κ2) is 4.49. The summed E-state index contributed by atoms with van der Waals surface area (Å²) < 4.78 is 5.58. The number of nitrogens with zero attached hydrogens (tertiary/aromatic N) is 1. The van der Waals surface area contributed by atoms with E-state index in [1.807, 2.05) is 45.0 Å². The van der Waals surface area contributed by atoms with Gasteiger partial charge in [0.15, 0.2) is 0 Å². The third-order valence-electron chi connectivity index (χ3n) is 2.49. The molecular weight excluding hydrogens is 214 g/mol. The molecule has 1 aromatic carbocycles. The summed E-state index contributed by atoms with van der Waals surface area (Å²) in [5.74, 6) is 0.856. The zero-order valence-electron chi connectivity index (χ0n) is 10.3. The van der Waals surface area contributed by atoms with Crippen LogP contribution in [-0.4, -0.2) is 16.3 Å². The van der Waals surface area contributed by atoms with Crippen LogP contribution in [-0.2, 0) is 0 Å². The molecule has 90 valence electrons. The number of aryl methyl sites for hydroxylation is 1. The van der Waals surface area contributed by atoms with Gasteiger partial charge in [-0.1, -0.05) is 0 Å². The Bertz CT molecular complexity index is 500. The number of aromatic amines is 1. The number of hydrogen-bond acceptors (Lipinski definition) is 3. The molecule has 0 fully saturated rings. The van der Waals surface area contributed by atoms with E-state index >= 15 is 0 Å². The van der Waals surface area contributed by atoms with E-state index in [-0.39, 0.29) is 6.10 Å². The lowest BCUT2D eigenvalue weighted by molar-refractivity contribution is 0.242. The van der Waals surface area contributed by atoms with E-state index in [2.05, 4.69) is 10.2 Å². The van der Waals surface area contributed by atoms with Crippen LogP contribution in [0.5, 0.6) is 5.75 Å². The minimum absolute atomic E-state index is 0.179. The number of H-pyrrole nitrogens is 1. The first-order chi connectivity index (χ1) is 8.08. The number of nitrogens with one attached hydrogen (secondary N) is 1. The fourth-order valence-electron chi connectivity index (χ4n) is 1.62. The third kappa shape index (κ3) is 2.41. The molecule has 1 aromatic heterocycles. The highest BCUT2D eigenvalue weighted by Gasteiger charge is 2.09. The van der Waals surface area contributed by atoms with Crippen LogP contribution in [0.4, 0.5) is 5.69 Å². The van der Waals surface area contributed by atoms with E-state index in [0.29, 0.717) is 5.69 Å². The minimum atomic E-state index is 0.179. The van der Waals surface area contributed by atoms with Gasteiger partial charge in [-0.25, -0.2) is 0 Å². The maximum absolute atomic E-state index is 5.93. The first-order valence-electron chi connectivity index (χ1n) is 5.65. The number of hydrogen-bond donors (Lipinski definition) is 2. The molecule has 0 saturated carbocycles. The van der Waals surface area contributed by atoms with E-state index in [4.69, 9.17) is 10.5 Å². The predicted molar refractivity (Wildman–Crippen MR) is 68.9 cm³/mol. The van der Waals surface area contributed by atoms with Crippen molar-refractivity contribution in [2.45, 2.75) is 26.9 Å². The Balaban J connectivity index is 2.26. The number of benzene rings is 1. The topological polar surface area (TPSA) is 63.9 Å². The maximum atomic E-state index is 5.93. The largest absolute Gasteiger partial charge is 0.491 e. The number of ether oxygens (including phenoxy) is 1. The molecule has 0 aliphatic carbocycles. The Hall–Kier alpha value is -1.97. The summed E-state index contributed by atoms with van der Waals surface area (Å²) in [4.78, 5) is 0. The minimum Gasteiger partial charge on any atom is -0.491 e. The van der Waals surface area contributed by atoms with Crippen LogP contribution in [0.1, 0.15) is 19.5 Å². The molecule has 0 saturated heterocycles. The molecule has 3 N–H and O–H groups in total. The lowest BCUT2D eigenvalue weighted by atomic mass is 10.1. The molecule has 2 aromatic rings. The van der Waals surface area contributed by atoms with Gasteiger partial charge in [0.2, 0.25) is 0 Å². The molecule has 17 heavy (non-hydrogen) atoms. The molecule has 0 aliphatic heterocycles. The van der Waals surface area contributed by atoms with Crippen molar-refractivity contribution >= 4 is 5.69 Å². The van der Waals surface area contributed by atoms with Crippen LogP contribution >= 0.6 is 0 Å². The predicted octanol–water partition coefficient (Wildman–Crippen LogP) is 2.75. The summed E-state index contributed by atoms with van der Waals surface area (Å²) in [6, 6.07) is 7.78. The SMILES string of the molecule is Cc1[nH]nc(-c2ccc(OC(C)C)cc2)c1N. The lowest BCUT2D eigenvalue weighted by Gasteiger charge is -2.09. The van der Waals surface area contributed by atoms with E-state index in [1.165, 1.54) is 0 Å². The highest BCUT2D eigenvalue weighted by atomic mass is 16.5. The molecule has 0 aliphatic rings. The molecule has 0 bridgehead atoms. The molecular formula is C13H17N3O. The van der Waals surface area contributed by atoms with Crippen LogP contribution in [0.25, 0.3) is 11.3 Å². The quantitative estimate of drug-likeness (QED) is 0.853. The van der Waals surface area contributed by atoms with Crippen LogP contribution < -0.4 is 10.5 Å². The van der Waals surface area contributed by atoms with Crippen LogP contribution in [0.3, 0.4) is 0 Å². The van der Waals surface area contributed by atoms with Gasteiger partial charge in [0.05, 0.1) is 17.5 Å². The van der Waals surface area contributed by atoms with E-state index in [9.17, 15) is 0 Å². The fraction of sp³-hybridized carbons (Fsp3) is 0.308. The summed E-state index contributed by atoms with van der Waals surface area (Å²) >= 11 is 0. The summed E-state index contributed by atoms with van der Waals surface area (Å²) in [6.45, 7) is 5.91. The van der Waals surface area contributed by atoms with Crippen LogP contribution in [0.2, 0.25) is 0 Å². The van der Waals surface area contributed by atoms with Gasteiger partial charge in [-0.15, -0.1) is 0 Å². The van der Waals surface area contributed by atoms with Gasteiger partial charge >= 0.3 is 0 Å². The summed E-state index contributed by atoms with van der Waals surface area (Å²) in [7, 11) is 0. The van der Waals surface area contributed by atoms with Crippen molar-refractivity contribution in [3.8, 4) is 17.0 Å². The molecule has 2 rings (SSSR count).